The minimum atomic E-state index is 0.475. The zero-order valence-corrected chi connectivity index (χ0v) is 15.5. The molecule has 2 rings (SSSR count). The number of nitrogens with zero attached hydrogens (tertiary/aromatic N) is 2. The lowest BCUT2D eigenvalue weighted by molar-refractivity contribution is 0.810. The van der Waals surface area contributed by atoms with Crippen LogP contribution in [0.2, 0.25) is 0 Å². The van der Waals surface area contributed by atoms with E-state index in [0.29, 0.717) is 5.92 Å². The molecule has 1 aliphatic rings. The van der Waals surface area contributed by atoms with Crippen molar-refractivity contribution >= 4 is 17.5 Å². The highest BCUT2D eigenvalue weighted by atomic mass is 15.1. The summed E-state index contributed by atoms with van der Waals surface area (Å²) in [6, 6.07) is 6.73. The molecule has 0 radical (unpaired) electrons. The molecule has 23 heavy (non-hydrogen) atoms. The first-order valence-electron chi connectivity index (χ1n) is 8.66. The highest BCUT2D eigenvalue weighted by Crippen LogP contribution is 2.39. The normalized spacial score (nSPS) is 18.0. The Morgan fingerprint density at radius 3 is 2.52 bits per heavy atom. The van der Waals surface area contributed by atoms with Crippen molar-refractivity contribution < 1.29 is 0 Å². The second-order valence-corrected chi connectivity index (χ2v) is 6.73. The zero-order valence-electron chi connectivity index (χ0n) is 15.5. The Hall–Kier alpha value is -1.83. The molecule has 2 heteroatoms. The van der Waals surface area contributed by atoms with Crippen molar-refractivity contribution in [3.05, 3.63) is 46.5 Å². The number of allylic oxidation sites excluding steroid dienone is 4. The Labute approximate surface area is 141 Å². The first-order valence-corrected chi connectivity index (χ1v) is 8.66. The van der Waals surface area contributed by atoms with Gasteiger partial charge in [-0.15, -0.1) is 0 Å². The predicted molar refractivity (Wildman–Crippen MR) is 104 cm³/mol. The van der Waals surface area contributed by atoms with Gasteiger partial charge in [-0.3, -0.25) is 4.99 Å². The smallest absolute Gasteiger partial charge is 0.0389 e. The molecule has 1 atom stereocenters. The quantitative estimate of drug-likeness (QED) is 0.511. The third-order valence-corrected chi connectivity index (χ3v) is 4.66. The first-order chi connectivity index (χ1) is 11.0. The molecule has 1 unspecified atom stereocenters. The van der Waals surface area contributed by atoms with Crippen molar-refractivity contribution in [3.8, 4) is 0 Å². The van der Waals surface area contributed by atoms with Gasteiger partial charge < -0.3 is 4.90 Å². The highest BCUT2D eigenvalue weighted by molar-refractivity contribution is 5.92. The Kier molecular flexibility index (Phi) is 5.81. The van der Waals surface area contributed by atoms with E-state index in [1.165, 1.54) is 40.0 Å². The number of hydrogen-bond acceptors (Lipinski definition) is 2. The lowest BCUT2D eigenvalue weighted by atomic mass is 9.90. The van der Waals surface area contributed by atoms with Crippen LogP contribution in [0.1, 0.15) is 51.7 Å². The molecule has 0 fully saturated rings. The lowest BCUT2D eigenvalue weighted by Crippen LogP contribution is -2.10. The molecule has 0 saturated heterocycles. The average Bonchev–Trinajstić information content (AvgIpc) is 2.76. The van der Waals surface area contributed by atoms with Crippen LogP contribution < -0.4 is 4.90 Å². The largest absolute Gasteiger partial charge is 0.378 e. The van der Waals surface area contributed by atoms with E-state index in [2.05, 4.69) is 82.2 Å². The van der Waals surface area contributed by atoms with Crippen LogP contribution in [0.3, 0.4) is 0 Å². The van der Waals surface area contributed by atoms with Crippen molar-refractivity contribution in [2.45, 2.75) is 40.5 Å². The van der Waals surface area contributed by atoms with E-state index in [0.717, 1.165) is 13.0 Å². The molecular weight excluding hydrogens is 280 g/mol. The van der Waals surface area contributed by atoms with Crippen molar-refractivity contribution in [1.29, 1.82) is 0 Å². The van der Waals surface area contributed by atoms with Crippen LogP contribution in [-0.2, 0) is 0 Å². The predicted octanol–water partition coefficient (Wildman–Crippen LogP) is 5.34. The van der Waals surface area contributed by atoms with Gasteiger partial charge in [0.2, 0.25) is 0 Å². The highest BCUT2D eigenvalue weighted by Gasteiger charge is 2.21. The number of unbranched alkanes of at least 4 members (excludes halogenated alkanes) is 1. The molecule has 0 aliphatic heterocycles. The number of aliphatic imine (C=N–C) groups is 1. The van der Waals surface area contributed by atoms with E-state index in [4.69, 9.17) is 0 Å². The summed E-state index contributed by atoms with van der Waals surface area (Å²) in [5.41, 5.74) is 8.05. The van der Waals surface area contributed by atoms with Crippen LogP contribution in [0.4, 0.5) is 5.69 Å². The van der Waals surface area contributed by atoms with Gasteiger partial charge in [-0.05, 0) is 49.1 Å². The zero-order chi connectivity index (χ0) is 17.0. The van der Waals surface area contributed by atoms with E-state index in [9.17, 15) is 0 Å². The topological polar surface area (TPSA) is 15.6 Å². The maximum absolute atomic E-state index is 4.65. The summed E-state index contributed by atoms with van der Waals surface area (Å²) in [5, 5.41) is 0. The fraction of sp³-hybridized carbons (Fsp3) is 0.476. The molecule has 1 aromatic rings. The Morgan fingerprint density at radius 1 is 1.22 bits per heavy atom. The van der Waals surface area contributed by atoms with Crippen molar-refractivity contribution in [2.75, 3.05) is 25.5 Å². The Bertz CT molecular complexity index is 648. The van der Waals surface area contributed by atoms with Crippen LogP contribution in [0.15, 0.2) is 40.4 Å². The maximum Gasteiger partial charge on any atom is 0.0389 e. The van der Waals surface area contributed by atoms with Crippen molar-refractivity contribution in [1.82, 2.24) is 0 Å². The van der Waals surface area contributed by atoms with E-state index < -0.39 is 0 Å². The van der Waals surface area contributed by atoms with E-state index in [1.807, 2.05) is 0 Å². The van der Waals surface area contributed by atoms with Gasteiger partial charge in [0.15, 0.2) is 0 Å². The van der Waals surface area contributed by atoms with Gasteiger partial charge in [0, 0.05) is 44.0 Å². The summed E-state index contributed by atoms with van der Waals surface area (Å²) in [6.45, 7) is 9.85. The third-order valence-electron chi connectivity index (χ3n) is 4.66. The number of benzene rings is 1. The lowest BCUT2D eigenvalue weighted by Gasteiger charge is -2.18. The Balaban J connectivity index is 2.45. The van der Waals surface area contributed by atoms with Gasteiger partial charge in [0.25, 0.3) is 0 Å². The van der Waals surface area contributed by atoms with Gasteiger partial charge in [-0.25, -0.2) is 0 Å². The number of hydrogen-bond donors (Lipinski definition) is 0. The molecule has 0 aromatic heterocycles. The van der Waals surface area contributed by atoms with Crippen LogP contribution in [0.25, 0.3) is 5.57 Å². The van der Waals surface area contributed by atoms with E-state index in [1.54, 1.807) is 0 Å². The molecule has 0 N–H and O–H groups in total. The van der Waals surface area contributed by atoms with E-state index in [-0.39, 0.29) is 0 Å². The monoisotopic (exact) mass is 310 g/mol. The standard InChI is InChI=1S/C21H30N2/c1-7-8-11-22-14-18-13-19(23(5)6)9-10-20(18)21-16(3)12-15(2)17(21)4/h9-10,12-14,16H,7-8,11H2,1-6H3. The van der Waals surface area contributed by atoms with Crippen LogP contribution in [0.5, 0.6) is 0 Å². The second kappa shape index (κ2) is 7.63. The summed E-state index contributed by atoms with van der Waals surface area (Å²) in [4.78, 5) is 6.80. The summed E-state index contributed by atoms with van der Waals surface area (Å²) < 4.78 is 0. The van der Waals surface area contributed by atoms with Gasteiger partial charge in [0.1, 0.15) is 0 Å². The van der Waals surface area contributed by atoms with Crippen LogP contribution in [-0.4, -0.2) is 26.9 Å². The van der Waals surface area contributed by atoms with Crippen molar-refractivity contribution in [3.63, 3.8) is 0 Å². The molecule has 0 spiro atoms. The Morgan fingerprint density at radius 2 is 1.96 bits per heavy atom. The maximum atomic E-state index is 4.65. The number of rotatable bonds is 6. The molecule has 1 aromatic carbocycles. The third kappa shape index (κ3) is 3.93. The minimum Gasteiger partial charge on any atom is -0.378 e. The van der Waals surface area contributed by atoms with Gasteiger partial charge in [-0.2, -0.15) is 0 Å². The molecule has 0 bridgehead atoms. The average molecular weight is 310 g/mol. The van der Waals surface area contributed by atoms with Gasteiger partial charge in [-0.1, -0.05) is 38.0 Å². The van der Waals surface area contributed by atoms with Gasteiger partial charge in [0.05, 0.1) is 0 Å². The number of anilines is 1. The van der Waals surface area contributed by atoms with Crippen molar-refractivity contribution in [2.24, 2.45) is 10.9 Å². The molecule has 0 amide bonds. The summed E-state index contributed by atoms with van der Waals surface area (Å²) in [7, 11) is 4.17. The molecule has 0 heterocycles. The van der Waals surface area contributed by atoms with Crippen LogP contribution >= 0.6 is 0 Å². The first kappa shape index (κ1) is 17.5. The summed E-state index contributed by atoms with van der Waals surface area (Å²) >= 11 is 0. The van der Waals surface area contributed by atoms with Gasteiger partial charge >= 0.3 is 0 Å². The van der Waals surface area contributed by atoms with E-state index >= 15 is 0 Å². The summed E-state index contributed by atoms with van der Waals surface area (Å²) in [6.07, 6.45) is 6.77. The molecule has 0 saturated carbocycles. The second-order valence-electron chi connectivity index (χ2n) is 6.73. The summed E-state index contributed by atoms with van der Waals surface area (Å²) in [5.74, 6) is 0.475. The minimum absolute atomic E-state index is 0.475. The molecular formula is C21H30N2. The molecule has 2 nitrogen and oxygen atoms in total. The van der Waals surface area contributed by atoms with Crippen LogP contribution in [0, 0.1) is 5.92 Å². The fourth-order valence-electron chi connectivity index (χ4n) is 3.18. The SMILES string of the molecule is CCCCN=Cc1cc(N(C)C)ccc1C1=C(C)C(C)=CC1C. The molecule has 124 valence electrons. The molecule has 1 aliphatic carbocycles. The fourth-order valence-corrected chi connectivity index (χ4v) is 3.18.